The third-order valence-electron chi connectivity index (χ3n) is 3.62. The van der Waals surface area contributed by atoms with Crippen LogP contribution in [0.2, 0.25) is 5.02 Å². The summed E-state index contributed by atoms with van der Waals surface area (Å²) in [6.45, 7) is 3.01. The number of rotatable bonds is 2. The SMILES string of the molecule is Nc1ccc2c(c1)CCN(Cc1cccc(Cl)c1)C2. The van der Waals surface area contributed by atoms with Crippen molar-refractivity contribution in [1.82, 2.24) is 4.90 Å². The zero-order valence-electron chi connectivity index (χ0n) is 10.8. The Bertz CT molecular complexity index is 595. The predicted molar refractivity (Wildman–Crippen MR) is 80.1 cm³/mol. The van der Waals surface area contributed by atoms with Crippen LogP contribution >= 0.6 is 11.6 Å². The summed E-state index contributed by atoms with van der Waals surface area (Å²) in [5.74, 6) is 0. The molecule has 19 heavy (non-hydrogen) atoms. The first-order chi connectivity index (χ1) is 9.20. The number of nitrogens with zero attached hydrogens (tertiary/aromatic N) is 1. The smallest absolute Gasteiger partial charge is 0.0409 e. The molecule has 3 rings (SSSR count). The monoisotopic (exact) mass is 272 g/mol. The van der Waals surface area contributed by atoms with Crippen molar-refractivity contribution in [2.24, 2.45) is 0 Å². The molecule has 2 aromatic rings. The van der Waals surface area contributed by atoms with Gasteiger partial charge < -0.3 is 5.73 Å². The van der Waals surface area contributed by atoms with Crippen LogP contribution < -0.4 is 5.73 Å². The first kappa shape index (κ1) is 12.5. The highest BCUT2D eigenvalue weighted by molar-refractivity contribution is 6.30. The van der Waals surface area contributed by atoms with Crippen LogP contribution in [0.25, 0.3) is 0 Å². The molecule has 0 bridgehead atoms. The summed E-state index contributed by atoms with van der Waals surface area (Å²) in [5.41, 5.74) is 10.7. The van der Waals surface area contributed by atoms with Crippen LogP contribution in [-0.2, 0) is 19.5 Å². The van der Waals surface area contributed by atoms with E-state index in [0.717, 1.165) is 36.8 Å². The maximum absolute atomic E-state index is 6.03. The largest absolute Gasteiger partial charge is 0.399 e. The normalized spacial score (nSPS) is 15.2. The first-order valence-corrected chi connectivity index (χ1v) is 6.92. The molecule has 0 amide bonds. The van der Waals surface area contributed by atoms with Gasteiger partial charge in [0.15, 0.2) is 0 Å². The summed E-state index contributed by atoms with van der Waals surface area (Å²) in [5, 5.41) is 0.808. The minimum absolute atomic E-state index is 0.808. The molecule has 0 saturated heterocycles. The molecular weight excluding hydrogens is 256 g/mol. The van der Waals surface area contributed by atoms with Gasteiger partial charge in [-0.25, -0.2) is 0 Å². The number of nitrogen functional groups attached to an aromatic ring is 1. The van der Waals surface area contributed by atoms with E-state index in [1.807, 2.05) is 24.3 Å². The maximum Gasteiger partial charge on any atom is 0.0409 e. The van der Waals surface area contributed by atoms with Crippen LogP contribution in [0, 0.1) is 0 Å². The van der Waals surface area contributed by atoms with E-state index in [2.05, 4.69) is 23.1 Å². The van der Waals surface area contributed by atoms with Gasteiger partial charge in [-0.15, -0.1) is 0 Å². The van der Waals surface area contributed by atoms with E-state index >= 15 is 0 Å². The summed E-state index contributed by atoms with van der Waals surface area (Å²) in [6.07, 6.45) is 1.07. The third kappa shape index (κ3) is 2.91. The minimum atomic E-state index is 0.808. The quantitative estimate of drug-likeness (QED) is 0.848. The van der Waals surface area contributed by atoms with Crippen LogP contribution in [0.5, 0.6) is 0 Å². The Morgan fingerprint density at radius 1 is 1.11 bits per heavy atom. The van der Waals surface area contributed by atoms with Gasteiger partial charge in [-0.1, -0.05) is 29.8 Å². The average molecular weight is 273 g/mol. The molecule has 0 aromatic heterocycles. The molecule has 0 aliphatic carbocycles. The van der Waals surface area contributed by atoms with Crippen molar-refractivity contribution in [3.63, 3.8) is 0 Å². The topological polar surface area (TPSA) is 29.3 Å². The Kier molecular flexibility index (Phi) is 3.45. The number of benzene rings is 2. The predicted octanol–water partition coefficient (Wildman–Crippen LogP) is 3.48. The fourth-order valence-corrected chi connectivity index (χ4v) is 2.87. The maximum atomic E-state index is 6.03. The van der Waals surface area contributed by atoms with Crippen LogP contribution in [-0.4, -0.2) is 11.4 Å². The van der Waals surface area contributed by atoms with E-state index in [0.29, 0.717) is 0 Å². The van der Waals surface area contributed by atoms with Crippen molar-refractivity contribution in [2.45, 2.75) is 19.5 Å². The molecule has 0 radical (unpaired) electrons. The Morgan fingerprint density at radius 3 is 2.84 bits per heavy atom. The van der Waals surface area contributed by atoms with E-state index < -0.39 is 0 Å². The summed E-state index contributed by atoms with van der Waals surface area (Å²) in [4.78, 5) is 2.45. The lowest BCUT2D eigenvalue weighted by Crippen LogP contribution is -2.30. The van der Waals surface area contributed by atoms with Crippen molar-refractivity contribution in [3.8, 4) is 0 Å². The number of hydrogen-bond acceptors (Lipinski definition) is 2. The molecule has 98 valence electrons. The number of halogens is 1. The Labute approximate surface area is 118 Å². The lowest BCUT2D eigenvalue weighted by Gasteiger charge is -2.29. The first-order valence-electron chi connectivity index (χ1n) is 6.55. The van der Waals surface area contributed by atoms with Gasteiger partial charge in [-0.3, -0.25) is 4.90 Å². The molecule has 0 fully saturated rings. The second kappa shape index (κ2) is 5.24. The summed E-state index contributed by atoms with van der Waals surface area (Å²) in [7, 11) is 0. The molecule has 0 atom stereocenters. The average Bonchev–Trinajstić information content (AvgIpc) is 2.39. The number of hydrogen-bond donors (Lipinski definition) is 1. The number of anilines is 1. The molecule has 2 N–H and O–H groups in total. The van der Waals surface area contributed by atoms with Gasteiger partial charge in [-0.05, 0) is 47.4 Å². The zero-order valence-corrected chi connectivity index (χ0v) is 11.5. The summed E-state index contributed by atoms with van der Waals surface area (Å²) in [6, 6.07) is 14.3. The minimum Gasteiger partial charge on any atom is -0.399 e. The van der Waals surface area contributed by atoms with Crippen molar-refractivity contribution in [2.75, 3.05) is 12.3 Å². The van der Waals surface area contributed by atoms with Gasteiger partial charge in [-0.2, -0.15) is 0 Å². The molecule has 0 spiro atoms. The standard InChI is InChI=1S/C16H17ClN2/c17-15-3-1-2-12(8-15)10-19-7-6-13-9-16(18)5-4-14(13)11-19/h1-5,8-9H,6-7,10-11,18H2. The van der Waals surface area contributed by atoms with Crippen LogP contribution in [0.1, 0.15) is 16.7 Å². The molecule has 2 aromatic carbocycles. The third-order valence-corrected chi connectivity index (χ3v) is 3.85. The van der Waals surface area contributed by atoms with Gasteiger partial charge >= 0.3 is 0 Å². The molecule has 3 heteroatoms. The van der Waals surface area contributed by atoms with Crippen LogP contribution in [0.3, 0.4) is 0 Å². The molecule has 1 heterocycles. The summed E-state index contributed by atoms with van der Waals surface area (Å²) >= 11 is 6.03. The number of nitrogens with two attached hydrogens (primary N) is 1. The molecule has 0 unspecified atom stereocenters. The summed E-state index contributed by atoms with van der Waals surface area (Å²) < 4.78 is 0. The van der Waals surface area contributed by atoms with Crippen molar-refractivity contribution < 1.29 is 0 Å². The molecule has 2 nitrogen and oxygen atoms in total. The Morgan fingerprint density at radius 2 is 2.00 bits per heavy atom. The van der Waals surface area contributed by atoms with Crippen molar-refractivity contribution >= 4 is 17.3 Å². The van der Waals surface area contributed by atoms with Gasteiger partial charge in [0.25, 0.3) is 0 Å². The highest BCUT2D eigenvalue weighted by atomic mass is 35.5. The fraction of sp³-hybridized carbons (Fsp3) is 0.250. The van der Waals surface area contributed by atoms with Gasteiger partial charge in [0.2, 0.25) is 0 Å². The van der Waals surface area contributed by atoms with Gasteiger partial charge in [0.1, 0.15) is 0 Å². The van der Waals surface area contributed by atoms with E-state index in [1.165, 1.54) is 16.7 Å². The second-order valence-corrected chi connectivity index (χ2v) is 5.56. The second-order valence-electron chi connectivity index (χ2n) is 5.12. The molecule has 1 aliphatic rings. The highest BCUT2D eigenvalue weighted by Gasteiger charge is 2.16. The van der Waals surface area contributed by atoms with Gasteiger partial charge in [0.05, 0.1) is 0 Å². The van der Waals surface area contributed by atoms with E-state index in [1.54, 1.807) is 0 Å². The Hall–Kier alpha value is -1.51. The molecule has 0 saturated carbocycles. The highest BCUT2D eigenvalue weighted by Crippen LogP contribution is 2.23. The lowest BCUT2D eigenvalue weighted by molar-refractivity contribution is 0.245. The Balaban J connectivity index is 1.74. The van der Waals surface area contributed by atoms with E-state index in [4.69, 9.17) is 17.3 Å². The zero-order chi connectivity index (χ0) is 13.2. The van der Waals surface area contributed by atoms with Gasteiger partial charge in [0, 0.05) is 30.3 Å². The van der Waals surface area contributed by atoms with Crippen LogP contribution in [0.15, 0.2) is 42.5 Å². The lowest BCUT2D eigenvalue weighted by atomic mass is 9.98. The number of fused-ring (bicyclic) bond motifs is 1. The van der Waals surface area contributed by atoms with Crippen LogP contribution in [0.4, 0.5) is 5.69 Å². The fourth-order valence-electron chi connectivity index (χ4n) is 2.66. The van der Waals surface area contributed by atoms with E-state index in [9.17, 15) is 0 Å². The van der Waals surface area contributed by atoms with Crippen molar-refractivity contribution in [3.05, 3.63) is 64.2 Å². The van der Waals surface area contributed by atoms with Crippen molar-refractivity contribution in [1.29, 1.82) is 0 Å². The molecule has 1 aliphatic heterocycles. The molecular formula is C16H17ClN2. The van der Waals surface area contributed by atoms with E-state index in [-0.39, 0.29) is 0 Å².